The molecular formula is C10H10N2O2. The van der Waals surface area contributed by atoms with E-state index in [0.29, 0.717) is 11.2 Å². The second-order valence-corrected chi connectivity index (χ2v) is 3.29. The molecule has 0 spiro atoms. The van der Waals surface area contributed by atoms with Crippen molar-refractivity contribution in [3.8, 4) is 0 Å². The Labute approximate surface area is 80.8 Å². The number of fused-ring (bicyclic) bond motifs is 1. The van der Waals surface area contributed by atoms with Gasteiger partial charge in [0.15, 0.2) is 0 Å². The molecule has 0 bridgehead atoms. The monoisotopic (exact) mass is 190 g/mol. The first-order valence-electron chi connectivity index (χ1n) is 4.25. The van der Waals surface area contributed by atoms with E-state index in [4.69, 9.17) is 5.11 Å². The molecule has 0 aliphatic carbocycles. The van der Waals surface area contributed by atoms with Crippen molar-refractivity contribution >= 4 is 17.0 Å². The van der Waals surface area contributed by atoms with Crippen molar-refractivity contribution in [1.29, 1.82) is 0 Å². The van der Waals surface area contributed by atoms with Crippen molar-refractivity contribution in [3.05, 3.63) is 29.6 Å². The van der Waals surface area contributed by atoms with Crippen LogP contribution < -0.4 is 0 Å². The van der Waals surface area contributed by atoms with Crippen LogP contribution in [0.4, 0.5) is 0 Å². The summed E-state index contributed by atoms with van der Waals surface area (Å²) >= 11 is 0. The highest BCUT2D eigenvalue weighted by Gasteiger charge is 2.14. The highest BCUT2D eigenvalue weighted by Crippen LogP contribution is 2.21. The normalized spacial score (nSPS) is 10.7. The molecule has 0 unspecified atom stereocenters. The van der Waals surface area contributed by atoms with Gasteiger partial charge in [0, 0.05) is 24.8 Å². The molecule has 0 radical (unpaired) electrons. The van der Waals surface area contributed by atoms with Gasteiger partial charge in [0.25, 0.3) is 0 Å². The fourth-order valence-corrected chi connectivity index (χ4v) is 1.63. The smallest absolute Gasteiger partial charge is 0.337 e. The van der Waals surface area contributed by atoms with Gasteiger partial charge in [0.2, 0.25) is 0 Å². The topological polar surface area (TPSA) is 55.1 Å². The predicted octanol–water partition coefficient (Wildman–Crippen LogP) is 1.58. The van der Waals surface area contributed by atoms with E-state index < -0.39 is 5.97 Å². The zero-order valence-electron chi connectivity index (χ0n) is 7.98. The van der Waals surface area contributed by atoms with Crippen molar-refractivity contribution < 1.29 is 9.90 Å². The molecule has 2 aromatic rings. The van der Waals surface area contributed by atoms with Gasteiger partial charge in [-0.05, 0) is 18.6 Å². The minimum absolute atomic E-state index is 0.313. The molecule has 0 aliphatic heterocycles. The summed E-state index contributed by atoms with van der Waals surface area (Å²) in [6.07, 6.45) is 3.27. The first-order chi connectivity index (χ1) is 6.61. The van der Waals surface area contributed by atoms with Crippen LogP contribution in [0.2, 0.25) is 0 Å². The number of carboxylic acids is 1. The summed E-state index contributed by atoms with van der Waals surface area (Å²) in [6, 6.07) is 1.81. The van der Waals surface area contributed by atoms with Crippen molar-refractivity contribution in [2.75, 3.05) is 0 Å². The maximum absolute atomic E-state index is 10.9. The van der Waals surface area contributed by atoms with E-state index in [1.165, 1.54) is 0 Å². The molecular weight excluding hydrogens is 180 g/mol. The van der Waals surface area contributed by atoms with Crippen LogP contribution in [0.3, 0.4) is 0 Å². The van der Waals surface area contributed by atoms with Crippen molar-refractivity contribution in [2.45, 2.75) is 6.92 Å². The second kappa shape index (κ2) is 2.83. The fraction of sp³-hybridized carbons (Fsp3) is 0.200. The van der Waals surface area contributed by atoms with Crippen LogP contribution in [0.5, 0.6) is 0 Å². The predicted molar refractivity (Wildman–Crippen MR) is 52.4 cm³/mol. The van der Waals surface area contributed by atoms with Crippen LogP contribution in [-0.4, -0.2) is 20.6 Å². The summed E-state index contributed by atoms with van der Waals surface area (Å²) in [5.41, 5.74) is 1.96. The quantitative estimate of drug-likeness (QED) is 0.742. The zero-order chi connectivity index (χ0) is 10.3. The molecule has 0 amide bonds. The van der Waals surface area contributed by atoms with E-state index in [1.807, 2.05) is 13.0 Å². The standard InChI is InChI=1S/C10H10N2O2/c1-6-3-4-11-9-8(6)7(10(13)14)5-12(9)2/h3-5H,1-2H3,(H,13,14). The molecule has 4 heteroatoms. The van der Waals surface area contributed by atoms with Crippen LogP contribution >= 0.6 is 0 Å². The van der Waals surface area contributed by atoms with Gasteiger partial charge in [-0.15, -0.1) is 0 Å². The van der Waals surface area contributed by atoms with Crippen molar-refractivity contribution in [2.24, 2.45) is 7.05 Å². The Bertz CT molecular complexity index is 514. The number of pyridine rings is 1. The van der Waals surface area contributed by atoms with Gasteiger partial charge in [-0.3, -0.25) is 0 Å². The number of carboxylic acid groups (broad SMARTS) is 1. The van der Waals surface area contributed by atoms with Crippen molar-refractivity contribution in [1.82, 2.24) is 9.55 Å². The van der Waals surface area contributed by atoms with Crippen LogP contribution in [0, 0.1) is 6.92 Å². The third kappa shape index (κ3) is 1.08. The number of aromatic nitrogens is 2. The van der Waals surface area contributed by atoms with Crippen molar-refractivity contribution in [3.63, 3.8) is 0 Å². The lowest BCUT2D eigenvalue weighted by molar-refractivity contribution is 0.0699. The maximum Gasteiger partial charge on any atom is 0.337 e. The van der Waals surface area contributed by atoms with Crippen LogP contribution in [0.15, 0.2) is 18.5 Å². The Morgan fingerprint density at radius 3 is 2.93 bits per heavy atom. The van der Waals surface area contributed by atoms with E-state index in [1.54, 1.807) is 24.0 Å². The Balaban J connectivity index is 2.93. The number of nitrogens with zero attached hydrogens (tertiary/aromatic N) is 2. The number of hydrogen-bond donors (Lipinski definition) is 1. The fourth-order valence-electron chi connectivity index (χ4n) is 1.63. The molecule has 2 heterocycles. The minimum Gasteiger partial charge on any atom is -0.478 e. The molecule has 0 saturated heterocycles. The van der Waals surface area contributed by atoms with E-state index in [-0.39, 0.29) is 0 Å². The Morgan fingerprint density at radius 2 is 2.29 bits per heavy atom. The Morgan fingerprint density at radius 1 is 1.57 bits per heavy atom. The number of aromatic carboxylic acids is 1. The Kier molecular flexibility index (Phi) is 1.77. The summed E-state index contributed by atoms with van der Waals surface area (Å²) in [6.45, 7) is 1.89. The highest BCUT2D eigenvalue weighted by atomic mass is 16.4. The summed E-state index contributed by atoms with van der Waals surface area (Å²) in [5.74, 6) is -0.910. The number of carbonyl (C=O) groups is 1. The average Bonchev–Trinajstić information content (AvgIpc) is 2.46. The first-order valence-corrected chi connectivity index (χ1v) is 4.25. The van der Waals surface area contributed by atoms with E-state index in [0.717, 1.165) is 10.9 Å². The minimum atomic E-state index is -0.910. The molecule has 0 saturated carbocycles. The summed E-state index contributed by atoms with van der Waals surface area (Å²) in [5, 5.41) is 9.70. The zero-order valence-corrected chi connectivity index (χ0v) is 7.98. The van der Waals surface area contributed by atoms with Gasteiger partial charge in [-0.25, -0.2) is 9.78 Å². The number of rotatable bonds is 1. The second-order valence-electron chi connectivity index (χ2n) is 3.29. The van der Waals surface area contributed by atoms with Crippen LogP contribution in [0.25, 0.3) is 11.0 Å². The van der Waals surface area contributed by atoms with Gasteiger partial charge < -0.3 is 9.67 Å². The summed E-state index contributed by atoms with van der Waals surface area (Å²) in [7, 11) is 1.79. The number of aryl methyl sites for hydroxylation is 2. The summed E-state index contributed by atoms with van der Waals surface area (Å²) < 4.78 is 1.73. The molecule has 0 atom stereocenters. The molecule has 2 rings (SSSR count). The maximum atomic E-state index is 10.9. The molecule has 4 nitrogen and oxygen atoms in total. The third-order valence-corrected chi connectivity index (χ3v) is 2.30. The Hall–Kier alpha value is -1.84. The van der Waals surface area contributed by atoms with Crippen LogP contribution in [0.1, 0.15) is 15.9 Å². The van der Waals surface area contributed by atoms with E-state index in [2.05, 4.69) is 4.98 Å². The lowest BCUT2D eigenvalue weighted by atomic mass is 10.1. The van der Waals surface area contributed by atoms with E-state index >= 15 is 0 Å². The molecule has 1 N–H and O–H groups in total. The molecule has 2 aromatic heterocycles. The highest BCUT2D eigenvalue weighted by molar-refractivity contribution is 6.03. The van der Waals surface area contributed by atoms with Gasteiger partial charge >= 0.3 is 5.97 Å². The molecule has 0 aliphatic rings. The average molecular weight is 190 g/mol. The first kappa shape index (κ1) is 8.74. The van der Waals surface area contributed by atoms with Crippen LogP contribution in [-0.2, 0) is 7.05 Å². The van der Waals surface area contributed by atoms with Gasteiger partial charge in [-0.2, -0.15) is 0 Å². The van der Waals surface area contributed by atoms with Gasteiger partial charge in [0.05, 0.1) is 5.56 Å². The molecule has 0 fully saturated rings. The third-order valence-electron chi connectivity index (χ3n) is 2.30. The largest absolute Gasteiger partial charge is 0.478 e. The van der Waals surface area contributed by atoms with E-state index in [9.17, 15) is 4.79 Å². The summed E-state index contributed by atoms with van der Waals surface area (Å²) in [4.78, 5) is 15.1. The molecule has 72 valence electrons. The molecule has 0 aromatic carbocycles. The lowest BCUT2D eigenvalue weighted by Gasteiger charge is -1.97. The number of hydrogen-bond acceptors (Lipinski definition) is 2. The van der Waals surface area contributed by atoms with Gasteiger partial charge in [-0.1, -0.05) is 0 Å². The van der Waals surface area contributed by atoms with Gasteiger partial charge in [0.1, 0.15) is 5.65 Å². The SMILES string of the molecule is Cc1ccnc2c1c(C(=O)O)cn2C. The lowest BCUT2D eigenvalue weighted by Crippen LogP contribution is -1.95. The molecule has 14 heavy (non-hydrogen) atoms.